The second-order valence-corrected chi connectivity index (χ2v) is 5.07. The lowest BCUT2D eigenvalue weighted by Gasteiger charge is -2.37. The van der Waals surface area contributed by atoms with Crippen LogP contribution in [0.25, 0.3) is 0 Å². The molecule has 0 saturated carbocycles. The molecule has 0 aliphatic carbocycles. The van der Waals surface area contributed by atoms with Gasteiger partial charge in [0.25, 0.3) is 0 Å². The quantitative estimate of drug-likeness (QED) is 0.343. The van der Waals surface area contributed by atoms with Gasteiger partial charge in [0.05, 0.1) is 0 Å². The molecule has 180 valence electrons. The molecule has 0 aliphatic rings. The minimum Gasteiger partial charge on any atom is -0.202 e. The molecule has 0 saturated heterocycles. The predicted molar refractivity (Wildman–Crippen MR) is 51.0 cm³/mol. The van der Waals surface area contributed by atoms with E-state index < -0.39 is 59.5 Å². The van der Waals surface area contributed by atoms with E-state index in [1.54, 1.807) is 0 Å². The van der Waals surface area contributed by atoms with Crippen molar-refractivity contribution in [3.63, 3.8) is 0 Å². The molecule has 0 nitrogen and oxygen atoms in total. The van der Waals surface area contributed by atoms with Crippen molar-refractivity contribution >= 4 is 0 Å². The van der Waals surface area contributed by atoms with Crippen LogP contribution in [0.15, 0.2) is 11.7 Å². The van der Waals surface area contributed by atoms with E-state index in [1.807, 2.05) is 0 Å². The Balaban J connectivity index is 6.81. The van der Waals surface area contributed by atoms with Gasteiger partial charge in [-0.15, -0.1) is 0 Å². The number of alkyl halides is 18. The van der Waals surface area contributed by atoms with Gasteiger partial charge in [-0.1, -0.05) is 0 Å². The summed E-state index contributed by atoms with van der Waals surface area (Å²) in [5, 5.41) is 0. The van der Waals surface area contributed by atoms with Gasteiger partial charge in [0.2, 0.25) is 11.7 Å². The molecule has 0 rings (SSSR count). The van der Waals surface area contributed by atoms with Crippen LogP contribution in [0.3, 0.4) is 0 Å². The highest BCUT2D eigenvalue weighted by molar-refractivity contribution is 5.25. The SMILES string of the molecule is FC(=C(F)C(F)(F)C(F)(F)C(F)(F)C(F)(F)C(F)(F)F)C(F)(F)C(F)(F)C(F)(F)F. The normalized spacial score (nSPS) is 17.2. The van der Waals surface area contributed by atoms with Crippen molar-refractivity contribution in [1.29, 1.82) is 0 Å². The zero-order valence-corrected chi connectivity index (χ0v) is 12.6. The van der Waals surface area contributed by atoms with Gasteiger partial charge in [0.15, 0.2) is 0 Å². The Hall–Kier alpha value is -1.66. The summed E-state index contributed by atoms with van der Waals surface area (Å²) in [5.74, 6) is -60.2. The third-order valence-corrected chi connectivity index (χ3v) is 3.03. The van der Waals surface area contributed by atoms with Gasteiger partial charge in [-0.05, 0) is 0 Å². The standard InChI is InChI=1S/C10F20/c11-1(2(12)4(15,16)6(19,20)9(25,26)27)3(13,14)5(17,18)7(21,22)8(23,24)10(28,29)30. The molecule has 0 unspecified atom stereocenters. The molecule has 0 aromatic heterocycles. The van der Waals surface area contributed by atoms with Crippen LogP contribution in [-0.4, -0.2) is 47.9 Å². The minimum absolute atomic E-state index is 5.50. The largest absolute Gasteiger partial charge is 0.460 e. The van der Waals surface area contributed by atoms with E-state index >= 15 is 0 Å². The Morgan fingerprint density at radius 3 is 0.767 bits per heavy atom. The maximum absolute atomic E-state index is 13.0. The molecule has 0 spiro atoms. The Labute approximate surface area is 149 Å². The number of rotatable bonds is 6. The van der Waals surface area contributed by atoms with Crippen molar-refractivity contribution in [2.24, 2.45) is 0 Å². The molecule has 0 amide bonds. The molecule has 0 atom stereocenters. The molecule has 0 heterocycles. The second kappa shape index (κ2) is 6.92. The molecule has 0 aromatic rings. The maximum Gasteiger partial charge on any atom is 0.460 e. The van der Waals surface area contributed by atoms with Gasteiger partial charge in [0.1, 0.15) is 0 Å². The van der Waals surface area contributed by atoms with Crippen molar-refractivity contribution in [2.45, 2.75) is 47.9 Å². The lowest BCUT2D eigenvalue weighted by Crippen LogP contribution is -2.66. The fourth-order valence-corrected chi connectivity index (χ4v) is 1.30. The zero-order valence-electron chi connectivity index (χ0n) is 12.6. The fraction of sp³-hybridized carbons (Fsp3) is 0.800. The van der Waals surface area contributed by atoms with Gasteiger partial charge >= 0.3 is 47.9 Å². The van der Waals surface area contributed by atoms with Crippen LogP contribution in [0.2, 0.25) is 0 Å². The zero-order chi connectivity index (χ0) is 25.2. The van der Waals surface area contributed by atoms with E-state index in [2.05, 4.69) is 0 Å². The van der Waals surface area contributed by atoms with Crippen LogP contribution < -0.4 is 0 Å². The predicted octanol–water partition coefficient (Wildman–Crippen LogP) is 7.07. The Bertz CT molecular complexity index is 671. The fourth-order valence-electron chi connectivity index (χ4n) is 1.30. The molecule has 0 aliphatic heterocycles. The number of halogens is 20. The Morgan fingerprint density at radius 1 is 0.300 bits per heavy atom. The summed E-state index contributed by atoms with van der Waals surface area (Å²) in [7, 11) is 0. The van der Waals surface area contributed by atoms with Crippen LogP contribution in [0.4, 0.5) is 87.8 Å². The van der Waals surface area contributed by atoms with Gasteiger partial charge in [-0.25, -0.2) is 8.78 Å². The summed E-state index contributed by atoms with van der Waals surface area (Å²) in [6, 6.07) is 0. The van der Waals surface area contributed by atoms with Crippen LogP contribution in [0.5, 0.6) is 0 Å². The van der Waals surface area contributed by atoms with Crippen molar-refractivity contribution in [3.05, 3.63) is 11.7 Å². The highest BCUT2D eigenvalue weighted by atomic mass is 19.4. The van der Waals surface area contributed by atoms with E-state index in [0.717, 1.165) is 0 Å². The van der Waals surface area contributed by atoms with E-state index in [1.165, 1.54) is 0 Å². The van der Waals surface area contributed by atoms with E-state index in [9.17, 15) is 87.8 Å². The van der Waals surface area contributed by atoms with Crippen LogP contribution >= 0.6 is 0 Å². The molecule has 0 fully saturated rings. The number of allylic oxidation sites excluding steroid dienone is 2. The lowest BCUT2D eigenvalue weighted by molar-refractivity contribution is -0.419. The molecule has 0 aromatic carbocycles. The number of hydrogen-bond donors (Lipinski definition) is 0. The van der Waals surface area contributed by atoms with Crippen LogP contribution in [0, 0.1) is 0 Å². The van der Waals surface area contributed by atoms with Gasteiger partial charge < -0.3 is 0 Å². The summed E-state index contributed by atoms with van der Waals surface area (Å²) >= 11 is 0. The first-order valence-corrected chi connectivity index (χ1v) is 6.03. The van der Waals surface area contributed by atoms with E-state index in [4.69, 9.17) is 0 Å². The molecular formula is C10F20. The molecule has 20 heteroatoms. The molecule has 0 radical (unpaired) electrons. The van der Waals surface area contributed by atoms with Gasteiger partial charge in [-0.2, -0.15) is 79.0 Å². The van der Waals surface area contributed by atoms with Crippen LogP contribution in [-0.2, 0) is 0 Å². The van der Waals surface area contributed by atoms with E-state index in [0.29, 0.717) is 0 Å². The summed E-state index contributed by atoms with van der Waals surface area (Å²) < 4.78 is 249. The van der Waals surface area contributed by atoms with Crippen LogP contribution in [0.1, 0.15) is 0 Å². The van der Waals surface area contributed by atoms with Gasteiger partial charge in [-0.3, -0.25) is 0 Å². The number of hydrogen-bond acceptors (Lipinski definition) is 0. The molecule has 30 heavy (non-hydrogen) atoms. The van der Waals surface area contributed by atoms with E-state index in [-0.39, 0.29) is 0 Å². The molecule has 0 bridgehead atoms. The summed E-state index contributed by atoms with van der Waals surface area (Å²) in [6.07, 6.45) is -15.4. The topological polar surface area (TPSA) is 0 Å². The van der Waals surface area contributed by atoms with Crippen molar-refractivity contribution in [3.8, 4) is 0 Å². The second-order valence-electron chi connectivity index (χ2n) is 5.07. The molecular weight excluding hydrogens is 500 g/mol. The summed E-state index contributed by atoms with van der Waals surface area (Å²) in [6.45, 7) is 0. The first-order valence-electron chi connectivity index (χ1n) is 6.03. The summed E-state index contributed by atoms with van der Waals surface area (Å²) in [4.78, 5) is 0. The third-order valence-electron chi connectivity index (χ3n) is 3.03. The lowest BCUT2D eigenvalue weighted by atomic mass is 9.95. The average molecular weight is 500 g/mol. The van der Waals surface area contributed by atoms with Gasteiger partial charge in [0, 0.05) is 0 Å². The monoisotopic (exact) mass is 500 g/mol. The first-order chi connectivity index (χ1) is 12.6. The molecule has 0 N–H and O–H groups in total. The first kappa shape index (κ1) is 28.3. The average Bonchev–Trinajstić information content (AvgIpc) is 2.50. The highest BCUT2D eigenvalue weighted by Crippen LogP contribution is 2.60. The smallest absolute Gasteiger partial charge is 0.202 e. The van der Waals surface area contributed by atoms with Crippen molar-refractivity contribution < 1.29 is 87.8 Å². The summed E-state index contributed by atoms with van der Waals surface area (Å²) in [5.41, 5.74) is 0. The highest BCUT2D eigenvalue weighted by Gasteiger charge is 2.88. The third kappa shape index (κ3) is 3.62. The van der Waals surface area contributed by atoms with Crippen molar-refractivity contribution in [2.75, 3.05) is 0 Å². The maximum atomic E-state index is 13.0. The van der Waals surface area contributed by atoms with Crippen molar-refractivity contribution in [1.82, 2.24) is 0 Å². The Kier molecular flexibility index (Phi) is 6.54. The Morgan fingerprint density at radius 2 is 0.533 bits per heavy atom. The minimum atomic E-state index is -8.51.